The van der Waals surface area contributed by atoms with Crippen LogP contribution in [0.3, 0.4) is 0 Å². The first-order valence-corrected chi connectivity index (χ1v) is 13.3. The predicted molar refractivity (Wildman–Crippen MR) is 131 cm³/mol. The minimum atomic E-state index is -0.285. The second kappa shape index (κ2) is 9.09. The molecule has 34 heavy (non-hydrogen) atoms. The summed E-state index contributed by atoms with van der Waals surface area (Å²) in [5.41, 5.74) is 2.67. The molecule has 0 heterocycles. The molecule has 0 amide bonds. The van der Waals surface area contributed by atoms with Gasteiger partial charge < -0.3 is 4.74 Å². The zero-order valence-electron chi connectivity index (χ0n) is 20.7. The fraction of sp³-hybridized carbons (Fsp3) is 0.633. The van der Waals surface area contributed by atoms with Crippen molar-refractivity contribution in [3.8, 4) is 0 Å². The van der Waals surface area contributed by atoms with E-state index in [1.165, 1.54) is 5.57 Å². The van der Waals surface area contributed by atoms with Crippen molar-refractivity contribution in [3.05, 3.63) is 47.5 Å². The zero-order chi connectivity index (χ0) is 23.9. The van der Waals surface area contributed by atoms with Gasteiger partial charge in [-0.3, -0.25) is 14.4 Å². The fourth-order valence-corrected chi connectivity index (χ4v) is 8.30. The average Bonchev–Trinajstić information content (AvgIpc) is 3.19. The molecule has 0 bridgehead atoms. The van der Waals surface area contributed by atoms with Crippen LogP contribution in [-0.4, -0.2) is 24.1 Å². The monoisotopic (exact) mass is 462 g/mol. The first-order chi connectivity index (χ1) is 16.3. The highest BCUT2D eigenvalue weighted by molar-refractivity contribution is 5.91. The Morgan fingerprint density at radius 1 is 0.971 bits per heavy atom. The van der Waals surface area contributed by atoms with Crippen molar-refractivity contribution >= 4 is 17.5 Å². The molecule has 1 aromatic rings. The van der Waals surface area contributed by atoms with Crippen LogP contribution in [0.2, 0.25) is 0 Å². The van der Waals surface area contributed by atoms with Gasteiger partial charge in [-0.1, -0.05) is 49.8 Å². The third-order valence-corrected chi connectivity index (χ3v) is 10.2. The Morgan fingerprint density at radius 2 is 1.76 bits per heavy atom. The molecule has 182 valence electrons. The molecule has 0 spiro atoms. The zero-order valence-corrected chi connectivity index (χ0v) is 20.7. The second-order valence-corrected chi connectivity index (χ2v) is 11.8. The molecule has 0 saturated heterocycles. The van der Waals surface area contributed by atoms with E-state index in [0.29, 0.717) is 42.8 Å². The quantitative estimate of drug-likeness (QED) is 0.495. The summed E-state index contributed by atoms with van der Waals surface area (Å²) in [6.07, 6.45) is 11.0. The summed E-state index contributed by atoms with van der Waals surface area (Å²) in [5.74, 6) is 1.96. The SMILES string of the molecule is C[C@]12CCC(=O)C=C1CC[C@@H]1[C@@H]2CC[C@]2(C)C(C(=O)COC(=O)CCc3ccccc3)CC[C@@H]12. The molecule has 4 heteroatoms. The Bertz CT molecular complexity index is 994. The van der Waals surface area contributed by atoms with Crippen molar-refractivity contribution in [1.82, 2.24) is 0 Å². The van der Waals surface area contributed by atoms with Gasteiger partial charge in [-0.2, -0.15) is 0 Å². The van der Waals surface area contributed by atoms with Gasteiger partial charge in [0.25, 0.3) is 0 Å². The third kappa shape index (κ3) is 4.07. The fourth-order valence-electron chi connectivity index (χ4n) is 8.30. The van der Waals surface area contributed by atoms with E-state index >= 15 is 0 Å². The van der Waals surface area contributed by atoms with E-state index in [1.807, 2.05) is 36.4 Å². The van der Waals surface area contributed by atoms with Crippen molar-refractivity contribution in [3.63, 3.8) is 0 Å². The van der Waals surface area contributed by atoms with E-state index < -0.39 is 0 Å². The number of carbonyl (C=O) groups is 3. The van der Waals surface area contributed by atoms with Gasteiger partial charge in [0.2, 0.25) is 0 Å². The summed E-state index contributed by atoms with van der Waals surface area (Å²) >= 11 is 0. The molecule has 1 unspecified atom stereocenters. The van der Waals surface area contributed by atoms with Crippen molar-refractivity contribution in [2.45, 2.75) is 78.1 Å². The Labute approximate surface area is 203 Å². The van der Waals surface area contributed by atoms with E-state index in [-0.39, 0.29) is 35.1 Å². The number of Topliss-reactive ketones (excluding diaryl/α,β-unsaturated/α-hetero) is 1. The average molecular weight is 463 g/mol. The van der Waals surface area contributed by atoms with E-state index in [4.69, 9.17) is 4.74 Å². The smallest absolute Gasteiger partial charge is 0.306 e. The van der Waals surface area contributed by atoms with E-state index in [2.05, 4.69) is 13.8 Å². The first-order valence-electron chi connectivity index (χ1n) is 13.3. The lowest BCUT2D eigenvalue weighted by Gasteiger charge is -2.58. The molecule has 0 aliphatic heterocycles. The standard InChI is InChI=1S/C30H38O4/c1-29-16-14-22(31)18-21(29)9-10-23-24-11-12-26(30(24,2)17-15-25(23)29)27(32)19-34-28(33)13-8-20-6-4-3-5-7-20/h3-7,18,23-26H,8-17,19H2,1-2H3/t23-,24-,25-,26?,29-,30-/m0/s1. The molecule has 1 aromatic carbocycles. The number of fused-ring (bicyclic) bond motifs is 5. The number of aryl methyl sites for hydroxylation is 1. The van der Waals surface area contributed by atoms with Crippen LogP contribution in [0.1, 0.15) is 77.2 Å². The van der Waals surface area contributed by atoms with E-state index in [0.717, 1.165) is 50.5 Å². The van der Waals surface area contributed by atoms with Crippen LogP contribution in [0.15, 0.2) is 42.0 Å². The summed E-state index contributed by atoms with van der Waals surface area (Å²) in [6, 6.07) is 9.90. The summed E-state index contributed by atoms with van der Waals surface area (Å²) in [6.45, 7) is 4.65. The summed E-state index contributed by atoms with van der Waals surface area (Å²) < 4.78 is 5.44. The van der Waals surface area contributed by atoms with Crippen molar-refractivity contribution in [2.24, 2.45) is 34.5 Å². The van der Waals surface area contributed by atoms with Gasteiger partial charge in [-0.25, -0.2) is 0 Å². The molecular formula is C30H38O4. The van der Waals surface area contributed by atoms with Gasteiger partial charge in [0.15, 0.2) is 11.6 Å². The van der Waals surface area contributed by atoms with Crippen LogP contribution < -0.4 is 0 Å². The molecule has 3 saturated carbocycles. The van der Waals surface area contributed by atoms with Crippen LogP contribution >= 0.6 is 0 Å². The second-order valence-electron chi connectivity index (χ2n) is 11.8. The van der Waals surface area contributed by atoms with Crippen molar-refractivity contribution < 1.29 is 19.1 Å². The van der Waals surface area contributed by atoms with Gasteiger partial charge in [0.05, 0.1) is 0 Å². The minimum absolute atomic E-state index is 0.00180. The Kier molecular flexibility index (Phi) is 6.29. The minimum Gasteiger partial charge on any atom is -0.458 e. The van der Waals surface area contributed by atoms with Gasteiger partial charge in [-0.05, 0) is 91.6 Å². The van der Waals surface area contributed by atoms with Gasteiger partial charge in [0, 0.05) is 18.8 Å². The van der Waals surface area contributed by atoms with E-state index in [9.17, 15) is 14.4 Å². The highest BCUT2D eigenvalue weighted by atomic mass is 16.5. The molecule has 4 aliphatic rings. The number of allylic oxidation sites excluding steroid dienone is 1. The molecule has 3 fully saturated rings. The van der Waals surface area contributed by atoms with E-state index in [1.54, 1.807) is 0 Å². The molecule has 0 aromatic heterocycles. The van der Waals surface area contributed by atoms with Crippen LogP contribution in [0.5, 0.6) is 0 Å². The highest BCUT2D eigenvalue weighted by Gasteiger charge is 2.60. The number of ether oxygens (including phenoxy) is 1. The van der Waals surface area contributed by atoms with Gasteiger partial charge in [0.1, 0.15) is 6.61 Å². The number of hydrogen-bond donors (Lipinski definition) is 0. The Hall–Kier alpha value is -2.23. The molecule has 4 aliphatic carbocycles. The maximum atomic E-state index is 13.2. The van der Waals surface area contributed by atoms with Gasteiger partial charge in [-0.15, -0.1) is 0 Å². The number of carbonyl (C=O) groups excluding carboxylic acids is 3. The summed E-state index contributed by atoms with van der Waals surface area (Å²) in [7, 11) is 0. The highest BCUT2D eigenvalue weighted by Crippen LogP contribution is 2.66. The maximum Gasteiger partial charge on any atom is 0.306 e. The van der Waals surface area contributed by atoms with Crippen LogP contribution in [-0.2, 0) is 25.5 Å². The largest absolute Gasteiger partial charge is 0.458 e. The lowest BCUT2D eigenvalue weighted by Crippen LogP contribution is -2.51. The number of esters is 1. The predicted octanol–water partition coefficient (Wildman–Crippen LogP) is 5.88. The molecule has 0 N–H and O–H groups in total. The Balaban J connectivity index is 1.20. The number of benzene rings is 1. The molecule has 4 nitrogen and oxygen atoms in total. The number of rotatable bonds is 6. The third-order valence-electron chi connectivity index (χ3n) is 10.2. The topological polar surface area (TPSA) is 60.4 Å². The number of ketones is 2. The summed E-state index contributed by atoms with van der Waals surface area (Å²) in [4.78, 5) is 37.6. The number of hydrogen-bond acceptors (Lipinski definition) is 4. The Morgan fingerprint density at radius 3 is 2.56 bits per heavy atom. The van der Waals surface area contributed by atoms with Crippen LogP contribution in [0, 0.1) is 34.5 Å². The van der Waals surface area contributed by atoms with Crippen LogP contribution in [0.25, 0.3) is 0 Å². The van der Waals surface area contributed by atoms with Crippen LogP contribution in [0.4, 0.5) is 0 Å². The normalized spacial score (nSPS) is 36.6. The van der Waals surface area contributed by atoms with Crippen molar-refractivity contribution in [2.75, 3.05) is 6.61 Å². The van der Waals surface area contributed by atoms with Gasteiger partial charge >= 0.3 is 5.97 Å². The van der Waals surface area contributed by atoms with Crippen molar-refractivity contribution in [1.29, 1.82) is 0 Å². The maximum absolute atomic E-state index is 13.2. The lowest BCUT2D eigenvalue weighted by atomic mass is 9.46. The molecule has 5 rings (SSSR count). The molecule has 6 atom stereocenters. The summed E-state index contributed by atoms with van der Waals surface area (Å²) in [5, 5.41) is 0. The first kappa shape index (κ1) is 23.5. The molecular weight excluding hydrogens is 424 g/mol. The molecule has 0 radical (unpaired) electrons. The lowest BCUT2D eigenvalue weighted by molar-refractivity contribution is -0.151.